The molecule has 2 unspecified atom stereocenters. The summed E-state index contributed by atoms with van der Waals surface area (Å²) in [6, 6.07) is 0. The third-order valence-electron chi connectivity index (χ3n) is 4.08. The summed E-state index contributed by atoms with van der Waals surface area (Å²) < 4.78 is 0. The molecule has 1 aliphatic rings. The second kappa shape index (κ2) is 6.73. The van der Waals surface area contributed by atoms with Crippen LogP contribution in [0.5, 0.6) is 0 Å². The number of hydrogen-bond acceptors (Lipinski definition) is 0. The molecule has 90 valence electrons. The normalized spacial score (nSPS) is 21.8. The standard InChI is InChI=1S/C16H26/c1-5-9-13(3)12-15(6-2)14(4)16-10-7-8-11-16/h5-6,9,14-16H,1-2,7-8,10-12H2,3-4H3. The van der Waals surface area contributed by atoms with E-state index < -0.39 is 0 Å². The van der Waals surface area contributed by atoms with Gasteiger partial charge in [-0.1, -0.05) is 63.0 Å². The van der Waals surface area contributed by atoms with E-state index in [0.29, 0.717) is 5.92 Å². The van der Waals surface area contributed by atoms with Gasteiger partial charge in [0.25, 0.3) is 0 Å². The van der Waals surface area contributed by atoms with Gasteiger partial charge in [0, 0.05) is 0 Å². The summed E-state index contributed by atoms with van der Waals surface area (Å²) >= 11 is 0. The first kappa shape index (κ1) is 13.3. The summed E-state index contributed by atoms with van der Waals surface area (Å²) in [5.41, 5.74) is 1.42. The fraction of sp³-hybridized carbons (Fsp3) is 0.625. The van der Waals surface area contributed by atoms with Crippen LogP contribution in [0.3, 0.4) is 0 Å². The maximum absolute atomic E-state index is 4.01. The molecule has 1 saturated carbocycles. The van der Waals surface area contributed by atoms with Crippen molar-refractivity contribution in [2.75, 3.05) is 0 Å². The summed E-state index contributed by atoms with van der Waals surface area (Å²) in [6.45, 7) is 12.4. The molecule has 0 bridgehead atoms. The van der Waals surface area contributed by atoms with Gasteiger partial charge in [-0.3, -0.25) is 0 Å². The number of rotatable bonds is 6. The zero-order chi connectivity index (χ0) is 12.0. The fourth-order valence-electron chi connectivity index (χ4n) is 2.96. The third-order valence-corrected chi connectivity index (χ3v) is 4.08. The van der Waals surface area contributed by atoms with Crippen LogP contribution in [0.1, 0.15) is 46.0 Å². The molecule has 0 aromatic rings. The van der Waals surface area contributed by atoms with Gasteiger partial charge in [-0.25, -0.2) is 0 Å². The molecule has 0 amide bonds. The Morgan fingerprint density at radius 3 is 2.44 bits per heavy atom. The Hall–Kier alpha value is -0.780. The zero-order valence-corrected chi connectivity index (χ0v) is 10.9. The highest BCUT2D eigenvalue weighted by Crippen LogP contribution is 2.37. The van der Waals surface area contributed by atoms with Crippen LogP contribution < -0.4 is 0 Å². The molecule has 0 heteroatoms. The highest BCUT2D eigenvalue weighted by molar-refractivity contribution is 5.10. The van der Waals surface area contributed by atoms with E-state index in [1.165, 1.54) is 31.3 Å². The number of allylic oxidation sites excluding steroid dienone is 4. The molecule has 0 heterocycles. The first-order chi connectivity index (χ1) is 7.69. The maximum atomic E-state index is 4.01. The van der Waals surface area contributed by atoms with Gasteiger partial charge >= 0.3 is 0 Å². The molecule has 0 nitrogen and oxygen atoms in total. The smallest absolute Gasteiger partial charge is 0.0171 e. The largest absolute Gasteiger partial charge is 0.103 e. The van der Waals surface area contributed by atoms with Crippen LogP contribution in [0, 0.1) is 17.8 Å². The molecule has 1 aliphatic carbocycles. The molecule has 16 heavy (non-hydrogen) atoms. The van der Waals surface area contributed by atoms with Crippen LogP contribution in [0.25, 0.3) is 0 Å². The quantitative estimate of drug-likeness (QED) is 0.428. The minimum absolute atomic E-state index is 0.638. The Morgan fingerprint density at radius 2 is 1.94 bits per heavy atom. The second-order valence-electron chi connectivity index (χ2n) is 5.26. The lowest BCUT2D eigenvalue weighted by atomic mass is 9.79. The van der Waals surface area contributed by atoms with E-state index in [4.69, 9.17) is 0 Å². The Labute approximate surface area is 101 Å². The molecule has 1 rings (SSSR count). The predicted molar refractivity (Wildman–Crippen MR) is 73.4 cm³/mol. The molecule has 0 aromatic heterocycles. The molecular weight excluding hydrogens is 192 g/mol. The average Bonchev–Trinajstić information content (AvgIpc) is 2.78. The Kier molecular flexibility index (Phi) is 5.59. The zero-order valence-electron chi connectivity index (χ0n) is 10.9. The Morgan fingerprint density at radius 1 is 1.31 bits per heavy atom. The van der Waals surface area contributed by atoms with Crippen molar-refractivity contribution >= 4 is 0 Å². The van der Waals surface area contributed by atoms with Crippen LogP contribution in [-0.2, 0) is 0 Å². The topological polar surface area (TPSA) is 0 Å². The van der Waals surface area contributed by atoms with Crippen molar-refractivity contribution in [2.24, 2.45) is 17.8 Å². The van der Waals surface area contributed by atoms with Crippen LogP contribution in [0.15, 0.2) is 37.0 Å². The van der Waals surface area contributed by atoms with Crippen molar-refractivity contribution < 1.29 is 0 Å². The monoisotopic (exact) mass is 218 g/mol. The summed E-state index contributed by atoms with van der Waals surface area (Å²) in [5, 5.41) is 0. The highest BCUT2D eigenvalue weighted by Gasteiger charge is 2.26. The Balaban J connectivity index is 2.55. The minimum Gasteiger partial charge on any atom is -0.103 e. The van der Waals surface area contributed by atoms with E-state index in [1.807, 2.05) is 6.08 Å². The molecule has 1 fully saturated rings. The van der Waals surface area contributed by atoms with Gasteiger partial charge in [0.15, 0.2) is 0 Å². The van der Waals surface area contributed by atoms with Gasteiger partial charge < -0.3 is 0 Å². The van der Waals surface area contributed by atoms with Crippen LogP contribution in [0.4, 0.5) is 0 Å². The van der Waals surface area contributed by atoms with Gasteiger partial charge in [0.05, 0.1) is 0 Å². The maximum Gasteiger partial charge on any atom is -0.0171 e. The van der Waals surface area contributed by atoms with Crippen molar-refractivity contribution in [3.63, 3.8) is 0 Å². The molecule has 0 saturated heterocycles. The van der Waals surface area contributed by atoms with Crippen LogP contribution in [0.2, 0.25) is 0 Å². The van der Waals surface area contributed by atoms with Gasteiger partial charge in [-0.05, 0) is 31.1 Å². The summed E-state index contributed by atoms with van der Waals surface area (Å²) in [7, 11) is 0. The SMILES string of the molecule is C=CC=C(C)CC(C=C)C(C)C1CCCC1. The molecule has 2 atom stereocenters. The summed E-state index contributed by atoms with van der Waals surface area (Å²) in [4.78, 5) is 0. The lowest BCUT2D eigenvalue weighted by Crippen LogP contribution is -2.17. The minimum atomic E-state index is 0.638. The summed E-state index contributed by atoms with van der Waals surface area (Å²) in [6.07, 6.45) is 13.0. The van der Waals surface area contributed by atoms with Crippen molar-refractivity contribution in [2.45, 2.75) is 46.0 Å². The van der Waals surface area contributed by atoms with Gasteiger partial charge in [-0.15, -0.1) is 6.58 Å². The van der Waals surface area contributed by atoms with E-state index in [2.05, 4.69) is 39.2 Å². The summed E-state index contributed by atoms with van der Waals surface area (Å²) in [5.74, 6) is 2.35. The first-order valence-corrected chi connectivity index (χ1v) is 6.59. The first-order valence-electron chi connectivity index (χ1n) is 6.59. The molecule has 0 aliphatic heterocycles. The third kappa shape index (κ3) is 3.66. The van der Waals surface area contributed by atoms with Crippen molar-refractivity contribution in [1.82, 2.24) is 0 Å². The van der Waals surface area contributed by atoms with E-state index >= 15 is 0 Å². The van der Waals surface area contributed by atoms with Crippen LogP contribution >= 0.6 is 0 Å². The second-order valence-corrected chi connectivity index (χ2v) is 5.26. The molecule has 0 aromatic carbocycles. The lowest BCUT2D eigenvalue weighted by molar-refractivity contribution is 0.288. The molecule has 0 spiro atoms. The van der Waals surface area contributed by atoms with Crippen molar-refractivity contribution in [3.8, 4) is 0 Å². The number of hydrogen-bond donors (Lipinski definition) is 0. The van der Waals surface area contributed by atoms with E-state index in [0.717, 1.165) is 18.3 Å². The van der Waals surface area contributed by atoms with Crippen molar-refractivity contribution in [3.05, 3.63) is 37.0 Å². The van der Waals surface area contributed by atoms with E-state index in [-0.39, 0.29) is 0 Å². The van der Waals surface area contributed by atoms with Gasteiger partial charge in [-0.2, -0.15) is 0 Å². The fourth-order valence-corrected chi connectivity index (χ4v) is 2.96. The lowest BCUT2D eigenvalue weighted by Gasteiger charge is -2.26. The van der Waals surface area contributed by atoms with Gasteiger partial charge in [0.2, 0.25) is 0 Å². The Bertz CT molecular complexity index is 253. The molecule has 0 N–H and O–H groups in total. The molecule has 0 radical (unpaired) electrons. The van der Waals surface area contributed by atoms with E-state index in [1.54, 1.807) is 0 Å². The van der Waals surface area contributed by atoms with Crippen LogP contribution in [-0.4, -0.2) is 0 Å². The van der Waals surface area contributed by atoms with Crippen molar-refractivity contribution in [1.29, 1.82) is 0 Å². The van der Waals surface area contributed by atoms with E-state index in [9.17, 15) is 0 Å². The van der Waals surface area contributed by atoms with Gasteiger partial charge in [0.1, 0.15) is 0 Å². The predicted octanol–water partition coefficient (Wildman–Crippen LogP) is 5.14. The average molecular weight is 218 g/mol. The highest BCUT2D eigenvalue weighted by atomic mass is 14.3. The molecular formula is C16H26.